The van der Waals surface area contributed by atoms with Gasteiger partial charge in [0.15, 0.2) is 0 Å². The third-order valence-corrected chi connectivity index (χ3v) is 2.87. The molecule has 0 aromatic carbocycles. The molecule has 0 fully saturated rings. The Morgan fingerprint density at radius 3 is 2.89 bits per heavy atom. The summed E-state index contributed by atoms with van der Waals surface area (Å²) in [6.45, 7) is 0. The lowest BCUT2D eigenvalue weighted by Gasteiger charge is -2.04. The molecule has 0 saturated heterocycles. The second kappa shape index (κ2) is 5.06. The van der Waals surface area contributed by atoms with Crippen LogP contribution in [0.1, 0.15) is 0 Å². The average molecular weight is 275 g/mol. The van der Waals surface area contributed by atoms with Crippen LogP contribution in [0.3, 0.4) is 0 Å². The number of oxazole rings is 1. The number of nitrogens with zero attached hydrogens (tertiary/aromatic N) is 6. The minimum atomic E-state index is 0.429. The molecule has 96 valence electrons. The Labute approximate surface area is 112 Å². The quantitative estimate of drug-likeness (QED) is 0.760. The van der Waals surface area contributed by atoms with Gasteiger partial charge in [-0.05, 0) is 6.07 Å². The highest BCUT2D eigenvalue weighted by Crippen LogP contribution is 2.23. The fourth-order valence-electron chi connectivity index (χ4n) is 1.33. The van der Waals surface area contributed by atoms with Crippen LogP contribution in [0.25, 0.3) is 5.95 Å². The molecule has 0 aliphatic heterocycles. The summed E-state index contributed by atoms with van der Waals surface area (Å²) in [5.41, 5.74) is 0. The number of hydrogen-bond acceptors (Lipinski definition) is 8. The molecule has 0 amide bonds. The van der Waals surface area contributed by atoms with Gasteiger partial charge in [-0.3, -0.25) is 0 Å². The molecule has 9 heteroatoms. The van der Waals surface area contributed by atoms with Gasteiger partial charge in [0.05, 0.1) is 6.20 Å². The molecular weight excluding hydrogens is 266 g/mol. The van der Waals surface area contributed by atoms with E-state index in [1.165, 1.54) is 18.0 Å². The zero-order chi connectivity index (χ0) is 13.1. The molecule has 3 aromatic heterocycles. The minimum Gasteiger partial charge on any atom is -0.440 e. The van der Waals surface area contributed by atoms with Crippen LogP contribution in [-0.4, -0.2) is 36.8 Å². The molecule has 0 atom stereocenters. The maximum atomic E-state index is 5.15. The lowest BCUT2D eigenvalue weighted by Crippen LogP contribution is -2.07. The Morgan fingerprint density at radius 1 is 1.26 bits per heavy atom. The number of rotatable bonds is 4. The van der Waals surface area contributed by atoms with Crippen LogP contribution >= 0.6 is 11.8 Å². The van der Waals surface area contributed by atoms with Crippen LogP contribution in [-0.2, 0) is 0 Å². The number of aromatic nitrogens is 6. The number of hydrogen-bond donors (Lipinski definition) is 1. The molecular formula is C10H9N7OS. The largest absolute Gasteiger partial charge is 0.440 e. The van der Waals surface area contributed by atoms with Gasteiger partial charge in [0.1, 0.15) is 6.26 Å². The molecule has 0 radical (unpaired) electrons. The lowest BCUT2D eigenvalue weighted by atomic mass is 10.7. The first-order valence-corrected chi connectivity index (χ1v) is 6.18. The molecule has 3 heterocycles. The summed E-state index contributed by atoms with van der Waals surface area (Å²) in [5, 5.41) is 7.92. The smallest absolute Gasteiger partial charge is 0.263 e. The molecule has 3 aromatic rings. The Hall–Kier alpha value is -2.42. The lowest BCUT2D eigenvalue weighted by molar-refractivity contribution is 0.453. The number of nitrogens with one attached hydrogen (secondary N) is 1. The van der Waals surface area contributed by atoms with E-state index in [4.69, 9.17) is 4.42 Å². The van der Waals surface area contributed by atoms with Crippen LogP contribution in [0.2, 0.25) is 0 Å². The number of anilines is 1. The van der Waals surface area contributed by atoms with Crippen molar-refractivity contribution < 1.29 is 4.42 Å². The molecule has 0 spiro atoms. The Balaban J connectivity index is 1.98. The van der Waals surface area contributed by atoms with E-state index < -0.39 is 0 Å². The van der Waals surface area contributed by atoms with Crippen molar-refractivity contribution in [1.29, 1.82) is 0 Å². The van der Waals surface area contributed by atoms with Crippen molar-refractivity contribution in [2.24, 2.45) is 0 Å². The first-order chi connectivity index (χ1) is 9.35. The van der Waals surface area contributed by atoms with Crippen molar-refractivity contribution >= 4 is 17.7 Å². The van der Waals surface area contributed by atoms with E-state index >= 15 is 0 Å². The summed E-state index contributed by atoms with van der Waals surface area (Å²) in [7, 11) is 1.74. The van der Waals surface area contributed by atoms with Gasteiger partial charge in [0.25, 0.3) is 11.2 Å². The second-order valence-electron chi connectivity index (χ2n) is 3.34. The fourth-order valence-corrected chi connectivity index (χ4v) is 1.96. The molecule has 0 aliphatic carbocycles. The van der Waals surface area contributed by atoms with Gasteiger partial charge < -0.3 is 9.73 Å². The van der Waals surface area contributed by atoms with Gasteiger partial charge in [-0.2, -0.15) is 20.1 Å². The first kappa shape index (κ1) is 11.7. The van der Waals surface area contributed by atoms with E-state index in [1.54, 1.807) is 36.4 Å². The van der Waals surface area contributed by atoms with Crippen molar-refractivity contribution in [3.05, 3.63) is 30.9 Å². The molecule has 0 saturated carbocycles. The predicted octanol–water partition coefficient (Wildman–Crippen LogP) is 1.24. The predicted molar refractivity (Wildman–Crippen MR) is 67.1 cm³/mol. The highest BCUT2D eigenvalue weighted by molar-refractivity contribution is 7.98. The zero-order valence-electron chi connectivity index (χ0n) is 9.89. The average Bonchev–Trinajstić information content (AvgIpc) is 3.11. The van der Waals surface area contributed by atoms with Gasteiger partial charge >= 0.3 is 0 Å². The van der Waals surface area contributed by atoms with E-state index in [2.05, 4.69) is 30.4 Å². The standard InChI is InChI=1S/C10H9N7OS/c1-11-7-14-8(17-5-2-3-13-17)16-9(15-7)19-10-12-4-6-18-10/h2-6H,1H3,(H,11,14,15,16). The molecule has 8 nitrogen and oxygen atoms in total. The van der Waals surface area contributed by atoms with E-state index in [-0.39, 0.29) is 0 Å². The van der Waals surface area contributed by atoms with E-state index in [9.17, 15) is 0 Å². The molecule has 0 bridgehead atoms. The van der Waals surface area contributed by atoms with E-state index in [1.807, 2.05) is 0 Å². The van der Waals surface area contributed by atoms with Crippen molar-refractivity contribution in [1.82, 2.24) is 29.7 Å². The molecule has 0 aliphatic rings. The summed E-state index contributed by atoms with van der Waals surface area (Å²) in [4.78, 5) is 16.8. The van der Waals surface area contributed by atoms with Crippen LogP contribution < -0.4 is 5.32 Å². The highest BCUT2D eigenvalue weighted by Gasteiger charge is 2.11. The topological polar surface area (TPSA) is 94.6 Å². The van der Waals surface area contributed by atoms with Crippen LogP contribution in [0, 0.1) is 0 Å². The third kappa shape index (κ3) is 2.55. The van der Waals surface area contributed by atoms with Crippen molar-refractivity contribution in [2.45, 2.75) is 10.4 Å². The molecule has 0 unspecified atom stereocenters. The van der Waals surface area contributed by atoms with Crippen LogP contribution in [0.4, 0.5) is 5.95 Å². The van der Waals surface area contributed by atoms with Crippen molar-refractivity contribution in [3.8, 4) is 5.95 Å². The van der Waals surface area contributed by atoms with E-state index in [0.29, 0.717) is 22.3 Å². The maximum Gasteiger partial charge on any atom is 0.263 e. The van der Waals surface area contributed by atoms with Gasteiger partial charge in [0, 0.05) is 31.2 Å². The second-order valence-corrected chi connectivity index (χ2v) is 4.26. The Kier molecular flexibility index (Phi) is 3.11. The monoisotopic (exact) mass is 275 g/mol. The highest BCUT2D eigenvalue weighted by atomic mass is 32.2. The normalized spacial score (nSPS) is 10.6. The summed E-state index contributed by atoms with van der Waals surface area (Å²) >= 11 is 1.21. The van der Waals surface area contributed by atoms with Crippen LogP contribution in [0.15, 0.2) is 45.7 Å². The fraction of sp³-hybridized carbons (Fsp3) is 0.100. The third-order valence-electron chi connectivity index (χ3n) is 2.12. The molecule has 1 N–H and O–H groups in total. The summed E-state index contributed by atoms with van der Waals surface area (Å²) < 4.78 is 6.71. The van der Waals surface area contributed by atoms with Gasteiger partial charge in [-0.15, -0.1) is 0 Å². The van der Waals surface area contributed by atoms with Gasteiger partial charge in [0.2, 0.25) is 11.1 Å². The maximum absolute atomic E-state index is 5.15. The van der Waals surface area contributed by atoms with Gasteiger partial charge in [-0.25, -0.2) is 9.67 Å². The molecule has 3 rings (SSSR count). The van der Waals surface area contributed by atoms with Crippen LogP contribution in [0.5, 0.6) is 0 Å². The van der Waals surface area contributed by atoms with Crippen molar-refractivity contribution in [3.63, 3.8) is 0 Å². The summed E-state index contributed by atoms with van der Waals surface area (Å²) in [5.74, 6) is 0.882. The van der Waals surface area contributed by atoms with Crippen molar-refractivity contribution in [2.75, 3.05) is 12.4 Å². The zero-order valence-corrected chi connectivity index (χ0v) is 10.7. The molecule has 19 heavy (non-hydrogen) atoms. The SMILES string of the molecule is CNc1nc(Sc2ncco2)nc(-n2cccn2)n1. The summed E-state index contributed by atoms with van der Waals surface area (Å²) in [6, 6.07) is 1.80. The van der Waals surface area contributed by atoms with Gasteiger partial charge in [-0.1, -0.05) is 0 Å². The first-order valence-electron chi connectivity index (χ1n) is 5.36. The minimum absolute atomic E-state index is 0.429. The Bertz CT molecular complexity index is 653. The Morgan fingerprint density at radius 2 is 2.21 bits per heavy atom. The van der Waals surface area contributed by atoms with E-state index in [0.717, 1.165) is 0 Å². The summed E-state index contributed by atoms with van der Waals surface area (Å²) in [6.07, 6.45) is 6.48.